The third-order valence-corrected chi connectivity index (χ3v) is 6.59. The van der Waals surface area contributed by atoms with Gasteiger partial charge in [0.1, 0.15) is 17.6 Å². The molecule has 0 radical (unpaired) electrons. The topological polar surface area (TPSA) is 101 Å². The Hall–Kier alpha value is -2.70. The van der Waals surface area contributed by atoms with Gasteiger partial charge in [0.2, 0.25) is 5.91 Å². The van der Waals surface area contributed by atoms with E-state index in [4.69, 9.17) is 4.52 Å². The summed E-state index contributed by atoms with van der Waals surface area (Å²) in [6, 6.07) is 5.88. The van der Waals surface area contributed by atoms with Crippen molar-refractivity contribution in [2.45, 2.75) is 38.6 Å². The number of aryl methyl sites for hydroxylation is 1. The van der Waals surface area contributed by atoms with Crippen molar-refractivity contribution in [1.29, 1.82) is 5.26 Å². The first kappa shape index (κ1) is 17.7. The third-order valence-electron chi connectivity index (χ3n) is 4.52. The number of amides is 1. The van der Waals surface area contributed by atoms with Crippen LogP contribution in [0.1, 0.15) is 35.3 Å². The summed E-state index contributed by atoms with van der Waals surface area (Å²) in [6.07, 6.45) is 5.14. The molecule has 0 saturated carbocycles. The van der Waals surface area contributed by atoms with Crippen molar-refractivity contribution < 1.29 is 9.32 Å². The van der Waals surface area contributed by atoms with Gasteiger partial charge in [-0.1, -0.05) is 17.6 Å². The van der Waals surface area contributed by atoms with Crippen LogP contribution in [0, 0.1) is 11.3 Å². The zero-order chi connectivity index (χ0) is 18.8. The van der Waals surface area contributed by atoms with E-state index in [0.29, 0.717) is 16.4 Å². The average molecular weight is 400 g/mol. The van der Waals surface area contributed by atoms with Gasteiger partial charge >= 0.3 is 5.76 Å². The predicted octanol–water partition coefficient (Wildman–Crippen LogP) is 3.41. The van der Waals surface area contributed by atoms with E-state index < -0.39 is 5.76 Å². The Morgan fingerprint density at radius 1 is 1.37 bits per heavy atom. The summed E-state index contributed by atoms with van der Waals surface area (Å²) in [5.41, 5.74) is 1.62. The van der Waals surface area contributed by atoms with E-state index in [9.17, 15) is 14.9 Å². The van der Waals surface area contributed by atoms with E-state index in [1.54, 1.807) is 6.07 Å². The first-order chi connectivity index (χ1) is 13.2. The number of hydrogen-bond donors (Lipinski definition) is 1. The molecule has 7 nitrogen and oxygen atoms in total. The Labute approximate surface area is 162 Å². The Morgan fingerprint density at radius 2 is 2.22 bits per heavy atom. The molecule has 0 atom stereocenters. The lowest BCUT2D eigenvalue weighted by molar-refractivity contribution is -0.116. The highest BCUT2D eigenvalue weighted by atomic mass is 32.1. The van der Waals surface area contributed by atoms with Gasteiger partial charge in [0.15, 0.2) is 5.82 Å². The SMILES string of the molecule is N#Cc1c(NC(=O)Cn2c(-c3cccs3)noc2=O)sc2c1CCCCC2. The lowest BCUT2D eigenvalue weighted by Crippen LogP contribution is -2.25. The molecular formula is C18H16N4O3S2. The van der Waals surface area contributed by atoms with Crippen LogP contribution in [-0.4, -0.2) is 15.6 Å². The Bertz CT molecular complexity index is 1070. The quantitative estimate of drug-likeness (QED) is 0.677. The van der Waals surface area contributed by atoms with Crippen LogP contribution in [0.15, 0.2) is 26.8 Å². The minimum Gasteiger partial charge on any atom is -0.315 e. The number of hydrogen-bond acceptors (Lipinski definition) is 7. The van der Waals surface area contributed by atoms with Crippen molar-refractivity contribution in [3.8, 4) is 16.8 Å². The van der Waals surface area contributed by atoms with Crippen LogP contribution < -0.4 is 11.1 Å². The first-order valence-electron chi connectivity index (χ1n) is 8.62. The minimum atomic E-state index is -0.684. The molecule has 138 valence electrons. The Kier molecular flexibility index (Phi) is 4.92. The fourth-order valence-electron chi connectivity index (χ4n) is 3.25. The maximum Gasteiger partial charge on any atom is 0.442 e. The molecule has 9 heteroatoms. The maximum absolute atomic E-state index is 12.6. The molecule has 3 heterocycles. The van der Waals surface area contributed by atoms with Crippen LogP contribution in [-0.2, 0) is 24.2 Å². The van der Waals surface area contributed by atoms with Crippen molar-refractivity contribution >= 4 is 33.6 Å². The van der Waals surface area contributed by atoms with Crippen molar-refractivity contribution in [1.82, 2.24) is 9.72 Å². The van der Waals surface area contributed by atoms with Crippen molar-refractivity contribution in [2.24, 2.45) is 0 Å². The standard InChI is InChI=1S/C18H16N4O3S2/c19-9-12-11-5-2-1-3-6-13(11)27-17(12)20-15(23)10-22-16(21-25-18(22)24)14-7-4-8-26-14/h4,7-8H,1-3,5-6,10H2,(H,20,23). The smallest absolute Gasteiger partial charge is 0.315 e. The van der Waals surface area contributed by atoms with Gasteiger partial charge in [-0.3, -0.25) is 9.32 Å². The summed E-state index contributed by atoms with van der Waals surface area (Å²) in [4.78, 5) is 26.4. The van der Waals surface area contributed by atoms with Crippen molar-refractivity contribution in [3.05, 3.63) is 44.1 Å². The van der Waals surface area contributed by atoms with Gasteiger partial charge in [0, 0.05) is 4.88 Å². The zero-order valence-electron chi connectivity index (χ0n) is 14.4. The molecule has 1 aliphatic rings. The molecule has 0 spiro atoms. The molecule has 0 aliphatic heterocycles. The first-order valence-corrected chi connectivity index (χ1v) is 10.3. The second kappa shape index (κ2) is 7.50. The number of nitriles is 1. The average Bonchev–Trinajstić information content (AvgIpc) is 3.33. The predicted molar refractivity (Wildman–Crippen MR) is 103 cm³/mol. The molecule has 0 unspecified atom stereocenters. The van der Waals surface area contributed by atoms with E-state index in [2.05, 4.69) is 16.5 Å². The summed E-state index contributed by atoms with van der Waals surface area (Å²) >= 11 is 2.87. The summed E-state index contributed by atoms with van der Waals surface area (Å²) < 4.78 is 5.93. The molecule has 0 aromatic carbocycles. The van der Waals surface area contributed by atoms with Crippen LogP contribution in [0.25, 0.3) is 10.7 Å². The van der Waals surface area contributed by atoms with Gasteiger partial charge in [-0.05, 0) is 42.7 Å². The minimum absolute atomic E-state index is 0.219. The number of nitrogens with zero attached hydrogens (tertiary/aromatic N) is 3. The molecule has 4 rings (SSSR count). The van der Waals surface area contributed by atoms with Gasteiger partial charge in [-0.2, -0.15) is 5.26 Å². The molecule has 0 fully saturated rings. The van der Waals surface area contributed by atoms with Crippen molar-refractivity contribution in [3.63, 3.8) is 0 Å². The molecule has 1 amide bonds. The number of carbonyl (C=O) groups is 1. The van der Waals surface area contributed by atoms with Crippen LogP contribution in [0.4, 0.5) is 5.00 Å². The molecular weight excluding hydrogens is 384 g/mol. The molecule has 1 aliphatic carbocycles. The second-order valence-electron chi connectivity index (χ2n) is 6.26. The van der Waals surface area contributed by atoms with Crippen molar-refractivity contribution in [2.75, 3.05) is 5.32 Å². The number of thiophene rings is 2. The highest BCUT2D eigenvalue weighted by Gasteiger charge is 2.22. The monoisotopic (exact) mass is 400 g/mol. The summed E-state index contributed by atoms with van der Waals surface area (Å²) in [5.74, 6) is -0.741. The summed E-state index contributed by atoms with van der Waals surface area (Å²) in [6.45, 7) is -0.219. The fraction of sp³-hybridized carbons (Fsp3) is 0.333. The van der Waals surface area contributed by atoms with E-state index in [1.807, 2.05) is 11.4 Å². The van der Waals surface area contributed by atoms with E-state index in [-0.39, 0.29) is 12.5 Å². The van der Waals surface area contributed by atoms with Crippen LogP contribution >= 0.6 is 22.7 Å². The van der Waals surface area contributed by atoms with Gasteiger partial charge in [-0.15, -0.1) is 22.7 Å². The van der Waals surface area contributed by atoms with E-state index >= 15 is 0 Å². The molecule has 0 saturated heterocycles. The largest absolute Gasteiger partial charge is 0.442 e. The number of rotatable bonds is 4. The number of nitrogens with one attached hydrogen (secondary N) is 1. The molecule has 3 aromatic rings. The summed E-state index contributed by atoms with van der Waals surface area (Å²) in [7, 11) is 0. The number of aromatic nitrogens is 2. The lowest BCUT2D eigenvalue weighted by Gasteiger charge is -2.05. The Balaban J connectivity index is 1.57. The van der Waals surface area contributed by atoms with Crippen LogP contribution in [0.5, 0.6) is 0 Å². The third kappa shape index (κ3) is 3.46. The molecule has 1 N–H and O–H groups in total. The second-order valence-corrected chi connectivity index (χ2v) is 8.32. The van der Waals surface area contributed by atoms with Crippen LogP contribution in [0.2, 0.25) is 0 Å². The van der Waals surface area contributed by atoms with Gasteiger partial charge in [0.05, 0.1) is 10.4 Å². The Morgan fingerprint density at radius 3 is 3.00 bits per heavy atom. The fourth-order valence-corrected chi connectivity index (χ4v) is 5.22. The summed E-state index contributed by atoms with van der Waals surface area (Å²) in [5, 5.41) is 18.6. The number of fused-ring (bicyclic) bond motifs is 1. The molecule has 3 aromatic heterocycles. The van der Waals surface area contributed by atoms with E-state index in [1.165, 1.54) is 32.1 Å². The normalized spacial score (nSPS) is 13.6. The lowest BCUT2D eigenvalue weighted by atomic mass is 10.1. The van der Waals surface area contributed by atoms with Crippen LogP contribution in [0.3, 0.4) is 0 Å². The number of carbonyl (C=O) groups excluding carboxylic acids is 1. The highest BCUT2D eigenvalue weighted by Crippen LogP contribution is 2.37. The maximum atomic E-state index is 12.6. The number of anilines is 1. The molecule has 0 bridgehead atoms. The van der Waals surface area contributed by atoms with E-state index in [0.717, 1.165) is 42.5 Å². The van der Waals surface area contributed by atoms with Gasteiger partial charge < -0.3 is 5.32 Å². The highest BCUT2D eigenvalue weighted by molar-refractivity contribution is 7.16. The molecule has 27 heavy (non-hydrogen) atoms. The zero-order valence-corrected chi connectivity index (χ0v) is 16.0. The van der Waals surface area contributed by atoms with Gasteiger partial charge in [0.25, 0.3) is 0 Å². The van der Waals surface area contributed by atoms with Gasteiger partial charge in [-0.25, -0.2) is 9.36 Å².